The Labute approximate surface area is 112 Å². The summed E-state index contributed by atoms with van der Waals surface area (Å²) in [7, 11) is 0. The lowest BCUT2D eigenvalue weighted by atomic mass is 10.2. The van der Waals surface area contributed by atoms with Gasteiger partial charge in [-0.3, -0.25) is 9.78 Å². The Morgan fingerprint density at radius 1 is 1.37 bits per heavy atom. The van der Waals surface area contributed by atoms with Gasteiger partial charge in [-0.05, 0) is 43.5 Å². The Morgan fingerprint density at radius 2 is 2.11 bits per heavy atom. The van der Waals surface area contributed by atoms with Crippen molar-refractivity contribution in [1.82, 2.24) is 9.88 Å². The van der Waals surface area contributed by atoms with Gasteiger partial charge in [-0.1, -0.05) is 0 Å². The highest BCUT2D eigenvalue weighted by Gasteiger charge is 2.34. The largest absolute Gasteiger partial charge is 0.459 e. The van der Waals surface area contributed by atoms with E-state index in [1.165, 1.54) is 0 Å². The molecule has 1 saturated carbocycles. The zero-order valence-corrected chi connectivity index (χ0v) is 10.9. The first-order valence-corrected chi connectivity index (χ1v) is 6.49. The van der Waals surface area contributed by atoms with Crippen molar-refractivity contribution < 1.29 is 9.21 Å². The van der Waals surface area contributed by atoms with E-state index in [2.05, 4.69) is 4.98 Å². The standard InChI is InChI=1S/C15H16N2O2/c1-11-6-9-19-14(11)15(18)17(13-2-3-13)10-12-4-7-16-8-5-12/h4-9,13H,2-3,10H2,1H3. The predicted octanol–water partition coefficient (Wildman–Crippen LogP) is 2.79. The van der Waals surface area contributed by atoms with Crippen molar-refractivity contribution in [3.63, 3.8) is 0 Å². The molecule has 0 saturated heterocycles. The number of rotatable bonds is 4. The van der Waals surface area contributed by atoms with E-state index < -0.39 is 0 Å². The third-order valence-corrected chi connectivity index (χ3v) is 3.41. The van der Waals surface area contributed by atoms with Crippen LogP contribution in [-0.4, -0.2) is 21.8 Å². The van der Waals surface area contributed by atoms with Crippen LogP contribution in [0.3, 0.4) is 0 Å². The smallest absolute Gasteiger partial charge is 0.290 e. The zero-order chi connectivity index (χ0) is 13.2. The normalized spacial score (nSPS) is 14.4. The molecule has 2 heterocycles. The Morgan fingerprint density at radius 3 is 2.68 bits per heavy atom. The van der Waals surface area contributed by atoms with Gasteiger partial charge in [0.1, 0.15) is 0 Å². The summed E-state index contributed by atoms with van der Waals surface area (Å²) in [5, 5.41) is 0. The Hall–Kier alpha value is -2.10. The molecule has 2 aromatic heterocycles. The molecule has 1 fully saturated rings. The molecule has 0 spiro atoms. The summed E-state index contributed by atoms with van der Waals surface area (Å²) >= 11 is 0. The Kier molecular flexibility index (Phi) is 3.07. The maximum Gasteiger partial charge on any atom is 0.290 e. The van der Waals surface area contributed by atoms with E-state index in [0.717, 1.165) is 24.0 Å². The monoisotopic (exact) mass is 256 g/mol. The summed E-state index contributed by atoms with van der Waals surface area (Å²) in [4.78, 5) is 18.4. The lowest BCUT2D eigenvalue weighted by Gasteiger charge is -2.21. The van der Waals surface area contributed by atoms with Gasteiger partial charge in [0.15, 0.2) is 5.76 Å². The molecule has 2 aromatic rings. The van der Waals surface area contributed by atoms with Crippen molar-refractivity contribution in [2.75, 3.05) is 0 Å². The molecule has 98 valence electrons. The van der Waals surface area contributed by atoms with Gasteiger partial charge in [0, 0.05) is 30.5 Å². The second-order valence-electron chi connectivity index (χ2n) is 4.95. The second kappa shape index (κ2) is 4.88. The van der Waals surface area contributed by atoms with Gasteiger partial charge in [-0.2, -0.15) is 0 Å². The molecule has 4 nitrogen and oxygen atoms in total. The molecule has 0 N–H and O–H groups in total. The van der Waals surface area contributed by atoms with Crippen LogP contribution in [0, 0.1) is 6.92 Å². The number of pyridine rings is 1. The van der Waals surface area contributed by atoms with E-state index in [0.29, 0.717) is 18.3 Å². The summed E-state index contributed by atoms with van der Waals surface area (Å²) < 4.78 is 5.32. The maximum atomic E-state index is 12.5. The van der Waals surface area contributed by atoms with E-state index in [9.17, 15) is 4.79 Å². The maximum absolute atomic E-state index is 12.5. The third kappa shape index (κ3) is 2.52. The van der Waals surface area contributed by atoms with Gasteiger partial charge in [-0.25, -0.2) is 0 Å². The van der Waals surface area contributed by atoms with E-state index in [-0.39, 0.29) is 5.91 Å². The average Bonchev–Trinajstić information content (AvgIpc) is 3.18. The molecular weight excluding hydrogens is 240 g/mol. The van der Waals surface area contributed by atoms with E-state index >= 15 is 0 Å². The minimum atomic E-state index is -0.0122. The molecule has 0 atom stereocenters. The van der Waals surface area contributed by atoms with Crippen LogP contribution in [-0.2, 0) is 6.54 Å². The first-order valence-electron chi connectivity index (χ1n) is 6.49. The third-order valence-electron chi connectivity index (χ3n) is 3.41. The quantitative estimate of drug-likeness (QED) is 0.845. The molecule has 0 aromatic carbocycles. The topological polar surface area (TPSA) is 46.3 Å². The number of carbonyl (C=O) groups is 1. The molecule has 0 unspecified atom stereocenters. The van der Waals surface area contributed by atoms with Crippen molar-refractivity contribution in [2.45, 2.75) is 32.4 Å². The predicted molar refractivity (Wildman–Crippen MR) is 70.6 cm³/mol. The fraction of sp³-hybridized carbons (Fsp3) is 0.333. The summed E-state index contributed by atoms with van der Waals surface area (Å²) in [5.74, 6) is 0.447. The first kappa shape index (κ1) is 12.0. The zero-order valence-electron chi connectivity index (χ0n) is 10.9. The highest BCUT2D eigenvalue weighted by molar-refractivity contribution is 5.93. The van der Waals surface area contributed by atoms with Gasteiger partial charge in [0.2, 0.25) is 0 Å². The molecular formula is C15H16N2O2. The van der Waals surface area contributed by atoms with Crippen LogP contribution in [0.25, 0.3) is 0 Å². The number of aryl methyl sites for hydroxylation is 1. The molecule has 1 amide bonds. The van der Waals surface area contributed by atoms with E-state index in [1.807, 2.05) is 30.0 Å². The highest BCUT2D eigenvalue weighted by atomic mass is 16.3. The summed E-state index contributed by atoms with van der Waals surface area (Å²) in [5.41, 5.74) is 1.99. The average molecular weight is 256 g/mol. The fourth-order valence-electron chi connectivity index (χ4n) is 2.16. The summed E-state index contributed by atoms with van der Waals surface area (Å²) in [6.45, 7) is 2.51. The van der Waals surface area contributed by atoms with Crippen molar-refractivity contribution in [1.29, 1.82) is 0 Å². The van der Waals surface area contributed by atoms with Crippen LogP contribution >= 0.6 is 0 Å². The van der Waals surface area contributed by atoms with Crippen molar-refractivity contribution in [3.05, 3.63) is 53.7 Å². The minimum Gasteiger partial charge on any atom is -0.459 e. The lowest BCUT2D eigenvalue weighted by molar-refractivity contribution is 0.0696. The molecule has 1 aliphatic rings. The molecule has 3 rings (SSSR count). The summed E-state index contributed by atoms with van der Waals surface area (Å²) in [6, 6.07) is 6.06. The molecule has 0 aliphatic heterocycles. The van der Waals surface area contributed by atoms with Crippen LogP contribution in [0.1, 0.15) is 34.5 Å². The number of aromatic nitrogens is 1. The number of furan rings is 1. The Balaban J connectivity index is 1.82. The molecule has 0 radical (unpaired) electrons. The van der Waals surface area contributed by atoms with Gasteiger partial charge in [0.25, 0.3) is 5.91 Å². The summed E-state index contributed by atoms with van der Waals surface area (Å²) in [6.07, 6.45) is 7.24. The van der Waals surface area contributed by atoms with Crippen molar-refractivity contribution in [2.24, 2.45) is 0 Å². The SMILES string of the molecule is Cc1ccoc1C(=O)N(Cc1ccncc1)C1CC1. The fourth-order valence-corrected chi connectivity index (χ4v) is 2.16. The minimum absolute atomic E-state index is 0.0122. The van der Waals surface area contributed by atoms with Crippen LogP contribution in [0.2, 0.25) is 0 Å². The number of amides is 1. The number of hydrogen-bond donors (Lipinski definition) is 0. The number of carbonyl (C=O) groups excluding carboxylic acids is 1. The van der Waals surface area contributed by atoms with Crippen LogP contribution in [0.15, 0.2) is 41.3 Å². The molecule has 0 bridgehead atoms. The van der Waals surface area contributed by atoms with Gasteiger partial charge in [-0.15, -0.1) is 0 Å². The van der Waals surface area contributed by atoms with E-state index in [1.54, 1.807) is 18.7 Å². The number of nitrogens with zero attached hydrogens (tertiary/aromatic N) is 2. The van der Waals surface area contributed by atoms with Crippen LogP contribution in [0.5, 0.6) is 0 Å². The molecule has 4 heteroatoms. The van der Waals surface area contributed by atoms with Crippen molar-refractivity contribution >= 4 is 5.91 Å². The van der Waals surface area contributed by atoms with Gasteiger partial charge >= 0.3 is 0 Å². The number of hydrogen-bond acceptors (Lipinski definition) is 3. The molecule has 19 heavy (non-hydrogen) atoms. The van der Waals surface area contributed by atoms with Gasteiger partial charge in [0.05, 0.1) is 6.26 Å². The van der Waals surface area contributed by atoms with Crippen LogP contribution in [0.4, 0.5) is 0 Å². The highest BCUT2D eigenvalue weighted by Crippen LogP contribution is 2.30. The molecule has 1 aliphatic carbocycles. The van der Waals surface area contributed by atoms with Crippen molar-refractivity contribution in [3.8, 4) is 0 Å². The first-order chi connectivity index (χ1) is 9.25. The lowest BCUT2D eigenvalue weighted by Crippen LogP contribution is -2.32. The van der Waals surface area contributed by atoms with Crippen LogP contribution < -0.4 is 0 Å². The van der Waals surface area contributed by atoms with E-state index in [4.69, 9.17) is 4.42 Å². The van der Waals surface area contributed by atoms with Gasteiger partial charge < -0.3 is 9.32 Å². The second-order valence-corrected chi connectivity index (χ2v) is 4.95. The Bertz CT molecular complexity index is 573.